The van der Waals surface area contributed by atoms with Gasteiger partial charge in [0.25, 0.3) is 5.56 Å². The third kappa shape index (κ3) is 3.58. The molecule has 5 rings (SSSR count). The maximum Gasteiger partial charge on any atom is 0.270 e. The Morgan fingerprint density at radius 2 is 2.00 bits per heavy atom. The van der Waals surface area contributed by atoms with Gasteiger partial charge in [0.05, 0.1) is 11.9 Å². The number of nitrogens with one attached hydrogen (secondary N) is 1. The summed E-state index contributed by atoms with van der Waals surface area (Å²) in [6, 6.07) is 7.55. The SMILES string of the molecule is CCC(CC)n1c(=O)c(C#N)cc2cnc(Nc3ccc(N4CCC5(CC5)C4)cn3)nc21. The van der Waals surface area contributed by atoms with Crippen molar-refractivity contribution in [3.05, 3.63) is 46.5 Å². The normalized spacial score (nSPS) is 16.6. The predicted molar refractivity (Wildman–Crippen MR) is 124 cm³/mol. The molecule has 1 spiro atoms. The first-order valence-corrected chi connectivity index (χ1v) is 11.4. The van der Waals surface area contributed by atoms with Crippen molar-refractivity contribution in [2.75, 3.05) is 23.3 Å². The molecule has 0 radical (unpaired) electrons. The zero-order valence-electron chi connectivity index (χ0n) is 18.5. The Kier molecular flexibility index (Phi) is 5.04. The Labute approximate surface area is 186 Å². The summed E-state index contributed by atoms with van der Waals surface area (Å²) < 4.78 is 1.64. The van der Waals surface area contributed by atoms with E-state index in [1.54, 1.807) is 16.8 Å². The van der Waals surface area contributed by atoms with Gasteiger partial charge in [0, 0.05) is 30.7 Å². The Morgan fingerprint density at radius 1 is 1.19 bits per heavy atom. The van der Waals surface area contributed by atoms with Crippen LogP contribution in [-0.2, 0) is 0 Å². The van der Waals surface area contributed by atoms with Crippen LogP contribution >= 0.6 is 0 Å². The van der Waals surface area contributed by atoms with Crippen LogP contribution in [0.5, 0.6) is 0 Å². The van der Waals surface area contributed by atoms with Crippen LogP contribution in [0.25, 0.3) is 11.0 Å². The zero-order valence-corrected chi connectivity index (χ0v) is 18.5. The summed E-state index contributed by atoms with van der Waals surface area (Å²) in [4.78, 5) is 28.9. The minimum Gasteiger partial charge on any atom is -0.370 e. The van der Waals surface area contributed by atoms with E-state index in [2.05, 4.69) is 31.2 Å². The molecule has 2 fully saturated rings. The number of rotatable bonds is 6. The van der Waals surface area contributed by atoms with Crippen molar-refractivity contribution >= 4 is 28.5 Å². The molecular weight excluding hydrogens is 402 g/mol. The third-order valence-corrected chi connectivity index (χ3v) is 6.95. The molecule has 3 aromatic heterocycles. The molecule has 0 unspecified atom stereocenters. The number of fused-ring (bicyclic) bond motifs is 1. The first kappa shape index (κ1) is 20.4. The van der Waals surface area contributed by atoms with E-state index >= 15 is 0 Å². The number of pyridine rings is 2. The lowest BCUT2D eigenvalue weighted by Crippen LogP contribution is -2.27. The highest BCUT2D eigenvalue weighted by molar-refractivity contribution is 5.77. The Morgan fingerprint density at radius 3 is 2.62 bits per heavy atom. The summed E-state index contributed by atoms with van der Waals surface area (Å²) in [7, 11) is 0. The standard InChI is InChI=1S/C24H27N7O/c1-3-18(4-2)31-21-17(11-16(12-25)22(31)32)13-27-23(29-21)28-20-6-5-19(14-26-20)30-10-9-24(15-30)7-8-24/h5-6,11,13-14,18H,3-4,7-10,15H2,1-2H3,(H,26,27,28,29). The Hall–Kier alpha value is -3.47. The maximum atomic E-state index is 12.9. The molecular formula is C24H27N7O. The number of nitrogens with zero attached hydrogens (tertiary/aromatic N) is 6. The highest BCUT2D eigenvalue weighted by atomic mass is 16.1. The molecule has 4 heterocycles. The molecule has 0 bridgehead atoms. The van der Waals surface area contributed by atoms with E-state index in [-0.39, 0.29) is 17.2 Å². The number of nitriles is 1. The van der Waals surface area contributed by atoms with E-state index in [1.165, 1.54) is 19.3 Å². The molecule has 1 N–H and O–H groups in total. The molecule has 1 saturated heterocycles. The van der Waals surface area contributed by atoms with Crippen molar-refractivity contribution in [3.8, 4) is 6.07 Å². The van der Waals surface area contributed by atoms with E-state index in [9.17, 15) is 10.1 Å². The average Bonchev–Trinajstić information content (AvgIpc) is 3.44. The van der Waals surface area contributed by atoms with Crippen LogP contribution in [0.3, 0.4) is 0 Å². The minimum absolute atomic E-state index is 0.0336. The van der Waals surface area contributed by atoms with Gasteiger partial charge in [0.15, 0.2) is 0 Å². The van der Waals surface area contributed by atoms with Crippen LogP contribution in [-0.4, -0.2) is 32.6 Å². The van der Waals surface area contributed by atoms with Gasteiger partial charge in [0.1, 0.15) is 23.1 Å². The highest BCUT2D eigenvalue weighted by Crippen LogP contribution is 2.53. The summed E-state index contributed by atoms with van der Waals surface area (Å²) in [5, 5.41) is 13.2. The number of aromatic nitrogens is 4. The molecule has 0 aromatic carbocycles. The number of hydrogen-bond acceptors (Lipinski definition) is 7. The van der Waals surface area contributed by atoms with Crippen molar-refractivity contribution in [2.24, 2.45) is 5.41 Å². The van der Waals surface area contributed by atoms with Gasteiger partial charge < -0.3 is 10.2 Å². The molecule has 164 valence electrons. The van der Waals surface area contributed by atoms with Crippen LogP contribution < -0.4 is 15.8 Å². The van der Waals surface area contributed by atoms with Crippen LogP contribution in [0.4, 0.5) is 17.5 Å². The second-order valence-corrected chi connectivity index (χ2v) is 8.99. The van der Waals surface area contributed by atoms with Gasteiger partial charge in [0.2, 0.25) is 5.95 Å². The second-order valence-electron chi connectivity index (χ2n) is 8.99. The summed E-state index contributed by atoms with van der Waals surface area (Å²) in [6.07, 6.45) is 9.08. The van der Waals surface area contributed by atoms with Gasteiger partial charge in [-0.05, 0) is 55.7 Å². The predicted octanol–water partition coefficient (Wildman–Crippen LogP) is 4.15. The second kappa shape index (κ2) is 7.90. The van der Waals surface area contributed by atoms with E-state index in [1.807, 2.05) is 32.2 Å². The lowest BCUT2D eigenvalue weighted by molar-refractivity contribution is 0.469. The first-order chi connectivity index (χ1) is 15.6. The number of hydrogen-bond donors (Lipinski definition) is 1. The van der Waals surface area contributed by atoms with E-state index < -0.39 is 0 Å². The number of anilines is 3. The van der Waals surface area contributed by atoms with Gasteiger partial charge >= 0.3 is 0 Å². The largest absolute Gasteiger partial charge is 0.370 e. The molecule has 1 aliphatic carbocycles. The fourth-order valence-electron chi connectivity index (χ4n) is 4.76. The fourth-order valence-corrected chi connectivity index (χ4v) is 4.76. The van der Waals surface area contributed by atoms with Crippen molar-refractivity contribution in [3.63, 3.8) is 0 Å². The first-order valence-electron chi connectivity index (χ1n) is 11.4. The molecule has 2 aliphatic rings. The quantitative estimate of drug-likeness (QED) is 0.628. The zero-order chi connectivity index (χ0) is 22.3. The summed E-state index contributed by atoms with van der Waals surface area (Å²) in [6.45, 7) is 6.29. The van der Waals surface area contributed by atoms with Gasteiger partial charge in [-0.15, -0.1) is 0 Å². The van der Waals surface area contributed by atoms with Gasteiger partial charge in [-0.1, -0.05) is 13.8 Å². The Bertz CT molecular complexity index is 1250. The fraction of sp³-hybridized carbons (Fsp3) is 0.458. The molecule has 8 nitrogen and oxygen atoms in total. The molecule has 3 aromatic rings. The van der Waals surface area contributed by atoms with Gasteiger partial charge in [-0.25, -0.2) is 9.97 Å². The third-order valence-electron chi connectivity index (χ3n) is 6.95. The smallest absolute Gasteiger partial charge is 0.270 e. The average molecular weight is 430 g/mol. The maximum absolute atomic E-state index is 12.9. The topological polar surface area (TPSA) is 99.7 Å². The van der Waals surface area contributed by atoms with Crippen LogP contribution in [0.15, 0.2) is 35.4 Å². The molecule has 8 heteroatoms. The van der Waals surface area contributed by atoms with E-state index in [4.69, 9.17) is 0 Å². The van der Waals surface area contributed by atoms with Crippen molar-refractivity contribution in [1.29, 1.82) is 5.26 Å². The van der Waals surface area contributed by atoms with Crippen molar-refractivity contribution in [1.82, 2.24) is 19.5 Å². The lowest BCUT2D eigenvalue weighted by atomic mass is 10.1. The van der Waals surface area contributed by atoms with Crippen LogP contribution in [0.1, 0.15) is 57.6 Å². The van der Waals surface area contributed by atoms with Crippen molar-refractivity contribution < 1.29 is 0 Å². The molecule has 1 aliphatic heterocycles. The summed E-state index contributed by atoms with van der Waals surface area (Å²) >= 11 is 0. The summed E-state index contributed by atoms with van der Waals surface area (Å²) in [5.74, 6) is 1.03. The van der Waals surface area contributed by atoms with Gasteiger partial charge in [-0.3, -0.25) is 9.36 Å². The minimum atomic E-state index is -0.306. The van der Waals surface area contributed by atoms with Crippen LogP contribution in [0, 0.1) is 16.7 Å². The lowest BCUT2D eigenvalue weighted by Gasteiger charge is -2.19. The molecule has 1 saturated carbocycles. The van der Waals surface area contributed by atoms with Crippen LogP contribution in [0.2, 0.25) is 0 Å². The van der Waals surface area contributed by atoms with Gasteiger partial charge in [-0.2, -0.15) is 10.2 Å². The summed E-state index contributed by atoms with van der Waals surface area (Å²) in [5.41, 5.74) is 2.06. The molecule has 0 amide bonds. The Balaban J connectivity index is 1.44. The molecule has 0 atom stereocenters. The monoisotopic (exact) mass is 429 g/mol. The molecule has 32 heavy (non-hydrogen) atoms. The highest BCUT2D eigenvalue weighted by Gasteiger charge is 2.47. The van der Waals surface area contributed by atoms with E-state index in [0.717, 1.165) is 31.6 Å². The van der Waals surface area contributed by atoms with Crippen molar-refractivity contribution in [2.45, 2.75) is 52.0 Å². The van der Waals surface area contributed by atoms with E-state index in [0.29, 0.717) is 28.2 Å².